The van der Waals surface area contributed by atoms with Gasteiger partial charge < -0.3 is 25.5 Å². The fourth-order valence-electron chi connectivity index (χ4n) is 8.79. The van der Waals surface area contributed by atoms with Crippen LogP contribution < -0.4 is 0 Å². The van der Waals surface area contributed by atoms with Crippen molar-refractivity contribution in [2.24, 2.45) is 0 Å². The molecule has 0 atom stereocenters. The Morgan fingerprint density at radius 3 is 1.46 bits per heavy atom. The first kappa shape index (κ1) is 35.7. The van der Waals surface area contributed by atoms with Crippen LogP contribution in [0.1, 0.15) is 0 Å². The van der Waals surface area contributed by atoms with E-state index in [0.717, 1.165) is 54.6 Å². The van der Waals surface area contributed by atoms with E-state index in [-0.39, 0.29) is 5.56 Å². The van der Waals surface area contributed by atoms with Crippen molar-refractivity contribution >= 4 is 53.9 Å². The van der Waals surface area contributed by atoms with Gasteiger partial charge in [0, 0.05) is 22.3 Å². The number of aromatic hydroxyl groups is 5. The van der Waals surface area contributed by atoms with Gasteiger partial charge in [-0.3, -0.25) is 0 Å². The molecule has 61 heavy (non-hydrogen) atoms. The predicted octanol–water partition coefficient (Wildman–Crippen LogP) is 12.5. The Labute approximate surface area is 348 Å². The van der Waals surface area contributed by atoms with Gasteiger partial charge in [0.2, 0.25) is 17.2 Å². The molecular formula is C53H33N3O5. The third kappa shape index (κ3) is 5.57. The number of nitrogens with zero attached hydrogens (tertiary/aromatic N) is 3. The van der Waals surface area contributed by atoms with Gasteiger partial charge in [-0.25, -0.2) is 15.0 Å². The highest BCUT2D eigenvalue weighted by Gasteiger charge is 2.29. The molecule has 0 radical (unpaired) electrons. The SMILES string of the molecule is Oc1c(O)c(O)c(-c2c3ccccc3c(-c3nc(-c4ccccc4)nc(-c4cc5c6ccccc6ccc5c5ccccc45)n3)c3ccc(-c4ccccc4)cc23)c(O)c1O. The van der Waals surface area contributed by atoms with Crippen molar-refractivity contribution in [3.05, 3.63) is 170 Å². The molecule has 0 aliphatic carbocycles. The van der Waals surface area contributed by atoms with Crippen LogP contribution in [-0.4, -0.2) is 40.5 Å². The largest absolute Gasteiger partial charge is 0.504 e. The van der Waals surface area contributed by atoms with E-state index in [2.05, 4.69) is 48.5 Å². The maximum atomic E-state index is 11.5. The molecule has 8 nitrogen and oxygen atoms in total. The predicted molar refractivity (Wildman–Crippen MR) is 243 cm³/mol. The summed E-state index contributed by atoms with van der Waals surface area (Å²) in [5, 5.41) is 63.9. The molecule has 0 unspecified atom stereocenters. The molecule has 8 heteroatoms. The zero-order valence-corrected chi connectivity index (χ0v) is 32.2. The molecule has 0 aliphatic heterocycles. The van der Waals surface area contributed by atoms with Gasteiger partial charge in [0.15, 0.2) is 29.0 Å². The molecule has 0 saturated carbocycles. The molecule has 0 spiro atoms. The first-order valence-corrected chi connectivity index (χ1v) is 19.7. The average Bonchev–Trinajstić information content (AvgIpc) is 3.32. The van der Waals surface area contributed by atoms with Crippen LogP contribution in [0.3, 0.4) is 0 Å². The normalized spacial score (nSPS) is 11.6. The molecule has 0 amide bonds. The van der Waals surface area contributed by atoms with Crippen molar-refractivity contribution in [1.29, 1.82) is 0 Å². The van der Waals surface area contributed by atoms with E-state index >= 15 is 0 Å². The minimum absolute atomic E-state index is 0.248. The van der Waals surface area contributed by atoms with Crippen LogP contribution in [0.15, 0.2) is 170 Å². The van der Waals surface area contributed by atoms with E-state index < -0.39 is 28.7 Å². The Bertz CT molecular complexity index is 3560. The maximum absolute atomic E-state index is 11.5. The lowest BCUT2D eigenvalue weighted by atomic mass is 9.85. The Hall–Kier alpha value is -8.49. The topological polar surface area (TPSA) is 140 Å². The monoisotopic (exact) mass is 791 g/mol. The lowest BCUT2D eigenvalue weighted by Crippen LogP contribution is -2.02. The van der Waals surface area contributed by atoms with Gasteiger partial charge in [-0.2, -0.15) is 0 Å². The molecule has 290 valence electrons. The second-order valence-corrected chi connectivity index (χ2v) is 15.1. The first-order chi connectivity index (χ1) is 29.9. The van der Waals surface area contributed by atoms with Crippen molar-refractivity contribution in [2.45, 2.75) is 0 Å². The number of phenolic OH excluding ortho intramolecular Hbond substituents is 5. The van der Waals surface area contributed by atoms with Crippen molar-refractivity contribution in [3.8, 4) is 85.2 Å². The van der Waals surface area contributed by atoms with Gasteiger partial charge in [0.05, 0.1) is 5.56 Å². The summed E-state index contributed by atoms with van der Waals surface area (Å²) in [5.41, 5.74) is 4.11. The van der Waals surface area contributed by atoms with Crippen LogP contribution in [0.5, 0.6) is 28.7 Å². The molecule has 0 aliphatic rings. The summed E-state index contributed by atoms with van der Waals surface area (Å²) in [6.45, 7) is 0. The van der Waals surface area contributed by atoms with Gasteiger partial charge in [-0.05, 0) is 77.1 Å². The van der Waals surface area contributed by atoms with Gasteiger partial charge >= 0.3 is 0 Å². The molecule has 0 saturated heterocycles. The molecule has 0 fully saturated rings. The van der Waals surface area contributed by atoms with Crippen molar-refractivity contribution in [1.82, 2.24) is 15.0 Å². The lowest BCUT2D eigenvalue weighted by Gasteiger charge is -2.20. The van der Waals surface area contributed by atoms with Gasteiger partial charge in [-0.15, -0.1) is 0 Å². The van der Waals surface area contributed by atoms with Crippen molar-refractivity contribution in [2.75, 3.05) is 0 Å². The second-order valence-electron chi connectivity index (χ2n) is 15.1. The lowest BCUT2D eigenvalue weighted by molar-refractivity contribution is 0.330. The Balaban J connectivity index is 1.29. The smallest absolute Gasteiger partial charge is 0.208 e. The zero-order chi connectivity index (χ0) is 41.4. The molecule has 1 heterocycles. The summed E-state index contributed by atoms with van der Waals surface area (Å²) < 4.78 is 0. The third-order valence-electron chi connectivity index (χ3n) is 11.7. The number of fused-ring (bicyclic) bond motifs is 7. The maximum Gasteiger partial charge on any atom is 0.208 e. The Morgan fingerprint density at radius 2 is 0.754 bits per heavy atom. The van der Waals surface area contributed by atoms with Crippen LogP contribution in [0, 0.1) is 0 Å². The highest BCUT2D eigenvalue weighted by molar-refractivity contribution is 6.23. The molecule has 1 aromatic heterocycles. The molecule has 11 aromatic rings. The number of phenols is 5. The summed E-state index contributed by atoms with van der Waals surface area (Å²) in [6, 6.07) is 56.0. The molecule has 0 bridgehead atoms. The number of hydrogen-bond donors (Lipinski definition) is 5. The van der Waals surface area contributed by atoms with E-state index in [0.29, 0.717) is 50.1 Å². The van der Waals surface area contributed by atoms with E-state index in [9.17, 15) is 25.5 Å². The molecular weight excluding hydrogens is 759 g/mol. The Morgan fingerprint density at radius 1 is 0.262 bits per heavy atom. The van der Waals surface area contributed by atoms with Crippen molar-refractivity contribution < 1.29 is 25.5 Å². The minimum atomic E-state index is -1.03. The van der Waals surface area contributed by atoms with Crippen LogP contribution in [0.25, 0.3) is 110 Å². The summed E-state index contributed by atoms with van der Waals surface area (Å²) in [6.07, 6.45) is 0. The second kappa shape index (κ2) is 13.8. The minimum Gasteiger partial charge on any atom is -0.504 e. The highest BCUT2D eigenvalue weighted by Crippen LogP contribution is 2.58. The summed E-state index contributed by atoms with van der Waals surface area (Å²) >= 11 is 0. The fourth-order valence-corrected chi connectivity index (χ4v) is 8.79. The van der Waals surface area contributed by atoms with E-state index in [1.54, 1.807) is 0 Å². The number of aromatic nitrogens is 3. The first-order valence-electron chi connectivity index (χ1n) is 19.7. The quantitative estimate of drug-likeness (QED) is 0.0502. The molecule has 10 aromatic carbocycles. The van der Waals surface area contributed by atoms with Crippen LogP contribution >= 0.6 is 0 Å². The van der Waals surface area contributed by atoms with Gasteiger partial charge in [0.25, 0.3) is 0 Å². The van der Waals surface area contributed by atoms with E-state index in [4.69, 9.17) is 15.0 Å². The summed E-state index contributed by atoms with van der Waals surface area (Å²) in [7, 11) is 0. The molecule has 11 rings (SSSR count). The number of benzene rings is 10. The van der Waals surface area contributed by atoms with Crippen LogP contribution in [0.4, 0.5) is 0 Å². The van der Waals surface area contributed by atoms with E-state index in [1.807, 2.05) is 121 Å². The highest BCUT2D eigenvalue weighted by atomic mass is 16.4. The van der Waals surface area contributed by atoms with E-state index in [1.165, 1.54) is 0 Å². The summed E-state index contributed by atoms with van der Waals surface area (Å²) in [4.78, 5) is 15.8. The van der Waals surface area contributed by atoms with Crippen LogP contribution in [0.2, 0.25) is 0 Å². The zero-order valence-electron chi connectivity index (χ0n) is 32.2. The number of hydrogen-bond acceptors (Lipinski definition) is 8. The Kier molecular flexibility index (Phi) is 8.08. The van der Waals surface area contributed by atoms with Crippen LogP contribution in [-0.2, 0) is 0 Å². The van der Waals surface area contributed by atoms with Gasteiger partial charge in [-0.1, -0.05) is 158 Å². The standard InChI is InChI=1S/C53H33N3O5/c57-46-45(47(58)49(60)50(61)48(46)59)43-37-21-11-12-22-38(37)44(39-26-24-32(27-41(39)43)29-13-3-1-4-14-29)53-55-51(31-16-5-2-6-17-31)54-52(56-53)42-28-40-33-18-8-7-15-30(33)23-25-36(40)34-19-9-10-20-35(34)42/h1-28,57-61H. The van der Waals surface area contributed by atoms with Crippen molar-refractivity contribution in [3.63, 3.8) is 0 Å². The fraction of sp³-hybridized carbons (Fsp3) is 0. The average molecular weight is 792 g/mol. The van der Waals surface area contributed by atoms with Gasteiger partial charge in [0.1, 0.15) is 0 Å². The number of rotatable bonds is 5. The summed E-state index contributed by atoms with van der Waals surface area (Å²) in [5.74, 6) is -3.21. The molecule has 5 N–H and O–H groups in total. The third-order valence-corrected chi connectivity index (χ3v) is 11.7.